The zero-order chi connectivity index (χ0) is 19.1. The van der Waals surface area contributed by atoms with E-state index in [1.54, 1.807) is 25.1 Å². The lowest BCUT2D eigenvalue weighted by atomic mass is 10.1. The molecule has 2 aromatic rings. The molecule has 0 fully saturated rings. The van der Waals surface area contributed by atoms with Crippen molar-refractivity contribution in [3.8, 4) is 5.75 Å². The smallest absolute Gasteiger partial charge is 0.326 e. The molecular weight excluding hydrogens is 337 g/mol. The first-order chi connectivity index (χ1) is 12.4. The second-order valence-corrected chi connectivity index (χ2v) is 5.97. The molecule has 3 amide bonds. The van der Waals surface area contributed by atoms with Crippen molar-refractivity contribution in [3.05, 3.63) is 59.4 Å². The predicted molar refractivity (Wildman–Crippen MR) is 97.6 cm³/mol. The number of ether oxygens (including phenoxy) is 1. The highest BCUT2D eigenvalue weighted by Gasteiger charge is 2.14. The van der Waals surface area contributed by atoms with Crippen molar-refractivity contribution in [2.75, 3.05) is 26.0 Å². The minimum atomic E-state index is -0.776. The number of para-hydroxylation sites is 1. The van der Waals surface area contributed by atoms with Crippen molar-refractivity contribution < 1.29 is 18.7 Å². The lowest BCUT2D eigenvalue weighted by Crippen LogP contribution is -2.40. The average Bonchev–Trinajstić information content (AvgIpc) is 2.56. The summed E-state index contributed by atoms with van der Waals surface area (Å²) in [5.41, 5.74) is 2.04. The van der Waals surface area contributed by atoms with E-state index in [0.717, 1.165) is 16.9 Å². The number of amides is 3. The van der Waals surface area contributed by atoms with Crippen LogP contribution in [0.1, 0.15) is 11.1 Å². The Morgan fingerprint density at radius 3 is 2.62 bits per heavy atom. The number of imide groups is 1. The summed E-state index contributed by atoms with van der Waals surface area (Å²) in [7, 11) is 3.35. The molecule has 6 nitrogen and oxygen atoms in total. The molecule has 0 atom stereocenters. The van der Waals surface area contributed by atoms with Crippen molar-refractivity contribution in [1.82, 2.24) is 10.2 Å². The van der Waals surface area contributed by atoms with Gasteiger partial charge in [0, 0.05) is 12.1 Å². The number of rotatable bonds is 6. The summed E-state index contributed by atoms with van der Waals surface area (Å²) in [6.45, 7) is 2.46. The molecule has 0 saturated heterocycles. The minimum absolute atomic E-state index is 0.00177. The second kappa shape index (κ2) is 8.96. The Balaban J connectivity index is 1.88. The Morgan fingerprint density at radius 2 is 1.92 bits per heavy atom. The van der Waals surface area contributed by atoms with E-state index in [1.165, 1.54) is 18.2 Å². The van der Waals surface area contributed by atoms with Gasteiger partial charge in [0.25, 0.3) is 0 Å². The van der Waals surface area contributed by atoms with Crippen LogP contribution < -0.4 is 15.4 Å². The molecular formula is C19H22FN3O3. The van der Waals surface area contributed by atoms with Gasteiger partial charge in [-0.05, 0) is 32.2 Å². The number of urea groups is 1. The summed E-state index contributed by atoms with van der Waals surface area (Å²) in [6.07, 6.45) is 0. The largest absolute Gasteiger partial charge is 0.496 e. The highest BCUT2D eigenvalue weighted by atomic mass is 19.1. The maximum absolute atomic E-state index is 13.5. The molecule has 138 valence electrons. The molecule has 0 aliphatic heterocycles. The van der Waals surface area contributed by atoms with Crippen LogP contribution in [-0.2, 0) is 11.3 Å². The number of carbonyl (C=O) groups excluding carboxylic acids is 2. The monoisotopic (exact) mass is 359 g/mol. The fourth-order valence-electron chi connectivity index (χ4n) is 2.51. The van der Waals surface area contributed by atoms with E-state index in [2.05, 4.69) is 10.6 Å². The molecule has 26 heavy (non-hydrogen) atoms. The van der Waals surface area contributed by atoms with Crippen molar-refractivity contribution in [2.24, 2.45) is 0 Å². The first kappa shape index (κ1) is 19.4. The third kappa shape index (κ3) is 5.56. The highest BCUT2D eigenvalue weighted by molar-refractivity contribution is 6.01. The van der Waals surface area contributed by atoms with Crippen molar-refractivity contribution in [1.29, 1.82) is 0 Å². The molecule has 0 radical (unpaired) electrons. The molecule has 0 saturated carbocycles. The molecule has 2 aromatic carbocycles. The van der Waals surface area contributed by atoms with Gasteiger partial charge in [0.15, 0.2) is 0 Å². The molecule has 0 unspecified atom stereocenters. The van der Waals surface area contributed by atoms with Gasteiger partial charge < -0.3 is 10.1 Å². The Kier molecular flexibility index (Phi) is 6.68. The van der Waals surface area contributed by atoms with E-state index in [4.69, 9.17) is 4.74 Å². The SMILES string of the molecule is COc1ccc(C)cc1CN(C)CC(=O)NC(=O)Nc1ccccc1F. The number of anilines is 1. The van der Waals surface area contributed by atoms with Crippen LogP contribution in [0.2, 0.25) is 0 Å². The van der Waals surface area contributed by atoms with Gasteiger partial charge >= 0.3 is 6.03 Å². The number of hydrogen-bond acceptors (Lipinski definition) is 4. The number of nitrogens with one attached hydrogen (secondary N) is 2. The predicted octanol–water partition coefficient (Wildman–Crippen LogP) is 2.92. The zero-order valence-electron chi connectivity index (χ0n) is 15.0. The number of aryl methyl sites for hydroxylation is 1. The lowest BCUT2D eigenvalue weighted by molar-refractivity contribution is -0.120. The third-order valence-electron chi connectivity index (χ3n) is 3.66. The van der Waals surface area contributed by atoms with Gasteiger partial charge in [0.2, 0.25) is 5.91 Å². The molecule has 0 heterocycles. The summed E-state index contributed by atoms with van der Waals surface area (Å²) in [6, 6.07) is 10.8. The number of methoxy groups -OCH3 is 1. The average molecular weight is 359 g/mol. The Labute approximate surface area is 152 Å². The normalized spacial score (nSPS) is 10.5. The Hall–Kier alpha value is -2.93. The van der Waals surface area contributed by atoms with E-state index in [9.17, 15) is 14.0 Å². The number of likely N-dealkylation sites (N-methyl/N-ethyl adjacent to an activating group) is 1. The summed E-state index contributed by atoms with van der Waals surface area (Å²) >= 11 is 0. The number of hydrogen-bond donors (Lipinski definition) is 2. The van der Waals surface area contributed by atoms with Crippen LogP contribution >= 0.6 is 0 Å². The van der Waals surface area contributed by atoms with Crippen LogP contribution in [0.3, 0.4) is 0 Å². The number of carbonyl (C=O) groups is 2. The van der Waals surface area contributed by atoms with Gasteiger partial charge in [-0.1, -0.05) is 29.8 Å². The van der Waals surface area contributed by atoms with Gasteiger partial charge in [0.05, 0.1) is 19.3 Å². The maximum Gasteiger partial charge on any atom is 0.326 e. The van der Waals surface area contributed by atoms with Crippen LogP contribution in [0.5, 0.6) is 5.75 Å². The maximum atomic E-state index is 13.5. The molecule has 0 aliphatic rings. The van der Waals surface area contributed by atoms with E-state index < -0.39 is 17.8 Å². The van der Waals surface area contributed by atoms with Crippen LogP contribution in [0, 0.1) is 12.7 Å². The third-order valence-corrected chi connectivity index (χ3v) is 3.66. The van der Waals surface area contributed by atoms with E-state index in [1.807, 2.05) is 25.1 Å². The standard InChI is InChI=1S/C19H22FN3O3/c1-13-8-9-17(26-3)14(10-13)11-23(2)12-18(24)22-19(25)21-16-7-5-4-6-15(16)20/h4-10H,11-12H2,1-3H3,(H2,21,22,24,25). The van der Waals surface area contributed by atoms with Gasteiger partial charge in [-0.15, -0.1) is 0 Å². The van der Waals surface area contributed by atoms with Crippen LogP contribution in [0.4, 0.5) is 14.9 Å². The van der Waals surface area contributed by atoms with Gasteiger partial charge in [-0.25, -0.2) is 9.18 Å². The van der Waals surface area contributed by atoms with Gasteiger partial charge in [-0.3, -0.25) is 15.0 Å². The van der Waals surface area contributed by atoms with Crippen LogP contribution in [0.25, 0.3) is 0 Å². The summed E-state index contributed by atoms with van der Waals surface area (Å²) in [5.74, 6) is -0.327. The first-order valence-corrected chi connectivity index (χ1v) is 8.06. The quantitative estimate of drug-likeness (QED) is 0.832. The molecule has 2 N–H and O–H groups in total. The number of benzene rings is 2. The summed E-state index contributed by atoms with van der Waals surface area (Å²) in [4.78, 5) is 25.6. The highest BCUT2D eigenvalue weighted by Crippen LogP contribution is 2.20. The second-order valence-electron chi connectivity index (χ2n) is 5.97. The Morgan fingerprint density at radius 1 is 1.19 bits per heavy atom. The summed E-state index contributed by atoms with van der Waals surface area (Å²) in [5, 5.41) is 4.49. The van der Waals surface area contributed by atoms with E-state index in [0.29, 0.717) is 6.54 Å². The molecule has 0 aromatic heterocycles. The van der Waals surface area contributed by atoms with Crippen molar-refractivity contribution in [3.63, 3.8) is 0 Å². The molecule has 0 aliphatic carbocycles. The zero-order valence-corrected chi connectivity index (χ0v) is 15.0. The van der Waals surface area contributed by atoms with Gasteiger partial charge in [-0.2, -0.15) is 0 Å². The number of nitrogens with zero attached hydrogens (tertiary/aromatic N) is 1. The van der Waals surface area contributed by atoms with E-state index >= 15 is 0 Å². The topological polar surface area (TPSA) is 70.7 Å². The molecule has 0 spiro atoms. The van der Waals surface area contributed by atoms with Crippen LogP contribution in [-0.4, -0.2) is 37.5 Å². The number of halogens is 1. The van der Waals surface area contributed by atoms with Crippen LogP contribution in [0.15, 0.2) is 42.5 Å². The lowest BCUT2D eigenvalue weighted by Gasteiger charge is -2.18. The molecule has 0 bridgehead atoms. The van der Waals surface area contributed by atoms with Crippen molar-refractivity contribution in [2.45, 2.75) is 13.5 Å². The molecule has 2 rings (SSSR count). The fraction of sp³-hybridized carbons (Fsp3) is 0.263. The minimum Gasteiger partial charge on any atom is -0.496 e. The van der Waals surface area contributed by atoms with Gasteiger partial charge in [0.1, 0.15) is 11.6 Å². The molecule has 7 heteroatoms. The summed E-state index contributed by atoms with van der Waals surface area (Å²) < 4.78 is 18.8. The Bertz CT molecular complexity index is 795. The van der Waals surface area contributed by atoms with Crippen molar-refractivity contribution >= 4 is 17.6 Å². The first-order valence-electron chi connectivity index (χ1n) is 8.06. The van der Waals surface area contributed by atoms with E-state index in [-0.39, 0.29) is 12.2 Å². The fourth-order valence-corrected chi connectivity index (χ4v) is 2.51.